The quantitative estimate of drug-likeness (QED) is 0.138. The zero-order valence-electron chi connectivity index (χ0n) is 25.4. The Morgan fingerprint density at radius 2 is 1.09 bits per heavy atom. The number of alkyl carbamates (subject to hydrolysis) is 1. The summed E-state index contributed by atoms with van der Waals surface area (Å²) in [7, 11) is 1.22. The molecule has 0 heterocycles. The van der Waals surface area contributed by atoms with Crippen LogP contribution in [0.3, 0.4) is 0 Å². The second-order valence-corrected chi connectivity index (χ2v) is 11.1. The summed E-state index contributed by atoms with van der Waals surface area (Å²) in [5, 5.41) is 5.80. The number of nitrogens with one attached hydrogen (secondary N) is 2. The van der Waals surface area contributed by atoms with E-state index in [1.165, 1.54) is 7.11 Å². The van der Waals surface area contributed by atoms with Gasteiger partial charge in [0.1, 0.15) is 18.2 Å². The van der Waals surface area contributed by atoms with Crippen LogP contribution in [0.2, 0.25) is 0 Å². The first kappa shape index (κ1) is 30.3. The highest BCUT2D eigenvalue weighted by atomic mass is 16.6. The lowest BCUT2D eigenvalue weighted by molar-refractivity contribution is -0.144. The van der Waals surface area contributed by atoms with Crippen molar-refractivity contribution in [2.24, 2.45) is 0 Å². The third kappa shape index (κ3) is 6.00. The van der Waals surface area contributed by atoms with Crippen LogP contribution in [-0.2, 0) is 24.6 Å². The van der Waals surface area contributed by atoms with E-state index in [0.29, 0.717) is 0 Å². The molecule has 0 aliphatic heterocycles. The Bertz CT molecular complexity index is 1680. The third-order valence-corrected chi connectivity index (χ3v) is 8.46. The van der Waals surface area contributed by atoms with Crippen LogP contribution in [-0.4, -0.2) is 37.7 Å². The molecule has 6 rings (SSSR count). The number of methoxy groups -OCH3 is 1. The van der Waals surface area contributed by atoms with Crippen LogP contribution in [0.15, 0.2) is 140 Å². The fourth-order valence-electron chi connectivity index (χ4n) is 6.34. The molecule has 0 spiro atoms. The lowest BCUT2D eigenvalue weighted by Crippen LogP contribution is -2.51. The molecular weight excluding hydrogens is 576 g/mol. The fraction of sp³-hybridized carbons (Fsp3) is 0.154. The van der Waals surface area contributed by atoms with Crippen LogP contribution in [0.4, 0.5) is 4.79 Å². The Morgan fingerprint density at radius 1 is 0.652 bits per heavy atom. The maximum absolute atomic E-state index is 13.9. The second-order valence-electron chi connectivity index (χ2n) is 11.1. The van der Waals surface area contributed by atoms with Crippen molar-refractivity contribution in [3.05, 3.63) is 167 Å². The monoisotopic (exact) mass is 610 g/mol. The summed E-state index contributed by atoms with van der Waals surface area (Å²) in [6.45, 7) is 0.0685. The third-order valence-electron chi connectivity index (χ3n) is 8.46. The highest BCUT2D eigenvalue weighted by Gasteiger charge is 2.39. The molecule has 1 aliphatic carbocycles. The number of hydrogen-bond acceptors (Lipinski definition) is 5. The fourth-order valence-corrected chi connectivity index (χ4v) is 6.34. The summed E-state index contributed by atoms with van der Waals surface area (Å²) in [4.78, 5) is 39.9. The standard InChI is InChI=1S/C39H34N2O5/c1-45-37(43)35(40-38(44)46-26-34-32-23-13-11-21-30(32)31-22-12-14-24-33(31)34)25-36(42)41-39(27-15-5-2-6-16-27,28-17-7-3-8-18-28)29-19-9-4-10-20-29/h2-24,34-35H,25-26H2,1H3,(H,40,44)(H,41,42)/t35-/m0/s1. The van der Waals surface area contributed by atoms with E-state index in [0.717, 1.165) is 38.9 Å². The molecule has 0 saturated carbocycles. The first-order chi connectivity index (χ1) is 22.5. The van der Waals surface area contributed by atoms with Crippen LogP contribution < -0.4 is 10.6 Å². The molecule has 0 aromatic heterocycles. The molecule has 5 aromatic carbocycles. The van der Waals surface area contributed by atoms with Crippen molar-refractivity contribution in [1.29, 1.82) is 0 Å². The number of amides is 2. The Hall–Kier alpha value is -5.69. The summed E-state index contributed by atoms with van der Waals surface area (Å²) in [6.07, 6.45) is -1.18. The van der Waals surface area contributed by atoms with Gasteiger partial charge in [0.2, 0.25) is 5.91 Å². The largest absolute Gasteiger partial charge is 0.467 e. The number of rotatable bonds is 10. The smallest absolute Gasteiger partial charge is 0.407 e. The summed E-state index contributed by atoms with van der Waals surface area (Å²) >= 11 is 0. The van der Waals surface area contributed by atoms with Gasteiger partial charge in [0.25, 0.3) is 0 Å². The van der Waals surface area contributed by atoms with Crippen molar-refractivity contribution in [3.8, 4) is 11.1 Å². The van der Waals surface area contributed by atoms with Crippen molar-refractivity contribution in [2.45, 2.75) is 23.9 Å². The molecule has 0 saturated heterocycles. The zero-order chi connectivity index (χ0) is 31.9. The summed E-state index contributed by atoms with van der Waals surface area (Å²) in [5.41, 5.74) is 5.77. The number of hydrogen-bond donors (Lipinski definition) is 2. The molecule has 0 fully saturated rings. The van der Waals surface area contributed by atoms with E-state index in [9.17, 15) is 14.4 Å². The summed E-state index contributed by atoms with van der Waals surface area (Å²) < 4.78 is 10.6. The summed E-state index contributed by atoms with van der Waals surface area (Å²) in [6, 6.07) is 43.7. The van der Waals surface area contributed by atoms with Gasteiger partial charge < -0.3 is 20.1 Å². The van der Waals surface area contributed by atoms with Gasteiger partial charge in [-0.2, -0.15) is 0 Å². The predicted molar refractivity (Wildman–Crippen MR) is 176 cm³/mol. The maximum Gasteiger partial charge on any atom is 0.407 e. The molecule has 0 unspecified atom stereocenters. The van der Waals surface area contributed by atoms with Crippen LogP contribution >= 0.6 is 0 Å². The Morgan fingerprint density at radius 3 is 1.54 bits per heavy atom. The molecule has 2 N–H and O–H groups in total. The number of benzene rings is 5. The minimum atomic E-state index is -1.28. The van der Waals surface area contributed by atoms with E-state index in [-0.39, 0.29) is 18.9 Å². The molecule has 7 heteroatoms. The molecule has 5 aromatic rings. The van der Waals surface area contributed by atoms with Crippen LogP contribution in [0.5, 0.6) is 0 Å². The van der Waals surface area contributed by atoms with Crippen molar-refractivity contribution in [3.63, 3.8) is 0 Å². The molecule has 7 nitrogen and oxygen atoms in total. The normalized spacial score (nSPS) is 12.7. The molecular formula is C39H34N2O5. The van der Waals surface area contributed by atoms with Crippen LogP contribution in [0.1, 0.15) is 40.2 Å². The van der Waals surface area contributed by atoms with Crippen molar-refractivity contribution < 1.29 is 23.9 Å². The minimum Gasteiger partial charge on any atom is -0.467 e. The predicted octanol–water partition coefficient (Wildman–Crippen LogP) is 6.57. The Kier molecular flexibility index (Phi) is 8.92. The molecule has 0 bridgehead atoms. The van der Waals surface area contributed by atoms with Gasteiger partial charge in [0.05, 0.1) is 13.5 Å². The minimum absolute atomic E-state index is 0.0685. The van der Waals surface area contributed by atoms with Gasteiger partial charge in [-0.3, -0.25) is 4.79 Å². The van der Waals surface area contributed by atoms with Gasteiger partial charge in [0.15, 0.2) is 0 Å². The molecule has 1 atom stereocenters. The van der Waals surface area contributed by atoms with E-state index in [2.05, 4.69) is 22.8 Å². The molecule has 2 amide bonds. The van der Waals surface area contributed by atoms with E-state index in [4.69, 9.17) is 9.47 Å². The average Bonchev–Trinajstić information content (AvgIpc) is 3.43. The SMILES string of the molecule is COC(=O)[C@H](CC(=O)NC(c1ccccc1)(c1ccccc1)c1ccccc1)NC(=O)OCC1c2ccccc2-c2ccccc21. The number of esters is 1. The second kappa shape index (κ2) is 13.5. The van der Waals surface area contributed by atoms with E-state index < -0.39 is 29.6 Å². The summed E-state index contributed by atoms with van der Waals surface area (Å²) in [5.74, 6) is -1.37. The van der Waals surface area contributed by atoms with Gasteiger partial charge >= 0.3 is 12.1 Å². The first-order valence-electron chi connectivity index (χ1n) is 15.2. The average molecular weight is 611 g/mol. The Labute approximate surface area is 268 Å². The van der Waals surface area contributed by atoms with Crippen molar-refractivity contribution in [2.75, 3.05) is 13.7 Å². The Balaban J connectivity index is 1.22. The number of carbonyl (C=O) groups is 3. The van der Waals surface area contributed by atoms with Gasteiger partial charge in [-0.05, 0) is 38.9 Å². The van der Waals surface area contributed by atoms with Gasteiger partial charge in [0, 0.05) is 5.92 Å². The van der Waals surface area contributed by atoms with E-state index >= 15 is 0 Å². The zero-order valence-corrected chi connectivity index (χ0v) is 25.4. The molecule has 1 aliphatic rings. The molecule has 46 heavy (non-hydrogen) atoms. The maximum atomic E-state index is 13.9. The van der Waals surface area contributed by atoms with Crippen molar-refractivity contribution in [1.82, 2.24) is 10.6 Å². The highest BCUT2D eigenvalue weighted by molar-refractivity contribution is 5.89. The lowest BCUT2D eigenvalue weighted by Gasteiger charge is -2.37. The molecule has 230 valence electrons. The molecule has 0 radical (unpaired) electrons. The number of fused-ring (bicyclic) bond motifs is 3. The topological polar surface area (TPSA) is 93.7 Å². The van der Waals surface area contributed by atoms with Crippen LogP contribution in [0.25, 0.3) is 11.1 Å². The first-order valence-corrected chi connectivity index (χ1v) is 15.2. The van der Waals surface area contributed by atoms with Crippen LogP contribution in [0, 0.1) is 0 Å². The van der Waals surface area contributed by atoms with Gasteiger partial charge in [-0.15, -0.1) is 0 Å². The van der Waals surface area contributed by atoms with Gasteiger partial charge in [-0.25, -0.2) is 9.59 Å². The van der Waals surface area contributed by atoms with Gasteiger partial charge in [-0.1, -0.05) is 140 Å². The number of carbonyl (C=O) groups excluding carboxylic acids is 3. The number of ether oxygens (including phenoxy) is 2. The lowest BCUT2D eigenvalue weighted by atomic mass is 9.77. The van der Waals surface area contributed by atoms with E-state index in [1.807, 2.05) is 127 Å². The van der Waals surface area contributed by atoms with E-state index in [1.54, 1.807) is 0 Å². The highest BCUT2D eigenvalue weighted by Crippen LogP contribution is 2.44. The van der Waals surface area contributed by atoms with Crippen molar-refractivity contribution >= 4 is 18.0 Å².